The van der Waals surface area contributed by atoms with Crippen molar-refractivity contribution in [2.75, 3.05) is 47.4 Å². The quantitative estimate of drug-likeness (QED) is 0.863. The second-order valence-electron chi connectivity index (χ2n) is 5.41. The predicted octanol–water partition coefficient (Wildman–Crippen LogP) is 1.16. The summed E-state index contributed by atoms with van der Waals surface area (Å²) in [6, 6.07) is 6.53. The van der Waals surface area contributed by atoms with Gasteiger partial charge in [-0.15, -0.1) is 0 Å². The Labute approximate surface area is 116 Å². The van der Waals surface area contributed by atoms with Crippen molar-refractivity contribution in [3.8, 4) is 5.75 Å². The van der Waals surface area contributed by atoms with E-state index in [1.54, 1.807) is 7.11 Å². The van der Waals surface area contributed by atoms with Gasteiger partial charge in [0, 0.05) is 44.8 Å². The van der Waals surface area contributed by atoms with Gasteiger partial charge in [0.15, 0.2) is 0 Å². The van der Waals surface area contributed by atoms with E-state index >= 15 is 0 Å². The highest BCUT2D eigenvalue weighted by molar-refractivity contribution is 5.37. The molecule has 4 heteroatoms. The molecule has 1 heterocycles. The fourth-order valence-electron chi connectivity index (χ4n) is 2.53. The lowest BCUT2D eigenvalue weighted by Gasteiger charge is -2.28. The number of benzene rings is 1. The lowest BCUT2D eigenvalue weighted by Crippen LogP contribution is -2.42. The fraction of sp³-hybridized carbons (Fsp3) is 0.600. The van der Waals surface area contributed by atoms with E-state index in [1.165, 1.54) is 11.1 Å². The van der Waals surface area contributed by atoms with Crippen molar-refractivity contribution in [2.45, 2.75) is 13.1 Å². The molecule has 0 saturated carbocycles. The molecular weight excluding hydrogens is 238 g/mol. The Kier molecular flexibility index (Phi) is 5.19. The Balaban J connectivity index is 2.10. The molecule has 1 aliphatic heterocycles. The average Bonchev–Trinajstić information content (AvgIpc) is 2.39. The normalized spacial score (nSPS) is 16.8. The molecule has 0 amide bonds. The molecule has 0 radical (unpaired) electrons. The lowest BCUT2D eigenvalue weighted by molar-refractivity contribution is 0.230. The molecule has 1 aromatic rings. The molecule has 0 aliphatic carbocycles. The largest absolute Gasteiger partial charge is 0.496 e. The summed E-state index contributed by atoms with van der Waals surface area (Å²) in [7, 11) is 5.95. The summed E-state index contributed by atoms with van der Waals surface area (Å²) < 4.78 is 5.49. The summed E-state index contributed by atoms with van der Waals surface area (Å²) in [5.74, 6) is 1.00. The number of nitrogens with one attached hydrogen (secondary N) is 1. The van der Waals surface area contributed by atoms with E-state index in [9.17, 15) is 0 Å². The minimum Gasteiger partial charge on any atom is -0.496 e. The maximum Gasteiger partial charge on any atom is 0.123 e. The molecule has 1 N–H and O–H groups in total. The van der Waals surface area contributed by atoms with Crippen molar-refractivity contribution in [3.63, 3.8) is 0 Å². The first-order chi connectivity index (χ1) is 9.19. The molecule has 1 saturated heterocycles. The fourth-order valence-corrected chi connectivity index (χ4v) is 2.53. The topological polar surface area (TPSA) is 27.7 Å². The van der Waals surface area contributed by atoms with Crippen LogP contribution in [0.15, 0.2) is 18.2 Å². The Hall–Kier alpha value is -1.10. The van der Waals surface area contributed by atoms with E-state index in [0.717, 1.165) is 45.0 Å². The Morgan fingerprint density at radius 3 is 2.63 bits per heavy atom. The van der Waals surface area contributed by atoms with Crippen molar-refractivity contribution in [1.29, 1.82) is 0 Å². The highest BCUT2D eigenvalue weighted by Gasteiger charge is 2.13. The molecule has 1 aliphatic rings. The van der Waals surface area contributed by atoms with E-state index in [4.69, 9.17) is 4.74 Å². The highest BCUT2D eigenvalue weighted by Crippen LogP contribution is 2.22. The van der Waals surface area contributed by atoms with Crippen molar-refractivity contribution in [3.05, 3.63) is 29.3 Å². The third-order valence-electron chi connectivity index (χ3n) is 3.45. The summed E-state index contributed by atoms with van der Waals surface area (Å²) in [6.07, 6.45) is 0. The van der Waals surface area contributed by atoms with Gasteiger partial charge in [0.2, 0.25) is 0 Å². The smallest absolute Gasteiger partial charge is 0.123 e. The van der Waals surface area contributed by atoms with Crippen molar-refractivity contribution in [2.24, 2.45) is 0 Å². The van der Waals surface area contributed by atoms with Gasteiger partial charge in [-0.2, -0.15) is 0 Å². The van der Waals surface area contributed by atoms with Gasteiger partial charge in [0.05, 0.1) is 7.11 Å². The zero-order valence-corrected chi connectivity index (χ0v) is 12.3. The van der Waals surface area contributed by atoms with Gasteiger partial charge in [0.1, 0.15) is 5.75 Å². The van der Waals surface area contributed by atoms with E-state index in [1.807, 2.05) is 0 Å². The number of hydrogen-bond acceptors (Lipinski definition) is 4. The maximum atomic E-state index is 5.49. The molecular formula is C15H25N3O. The summed E-state index contributed by atoms with van der Waals surface area (Å²) in [5, 5.41) is 3.39. The summed E-state index contributed by atoms with van der Waals surface area (Å²) >= 11 is 0. The molecule has 1 aromatic carbocycles. The van der Waals surface area contributed by atoms with Crippen LogP contribution in [0, 0.1) is 0 Å². The molecule has 2 rings (SSSR count). The first-order valence-corrected chi connectivity index (χ1v) is 6.92. The molecule has 4 nitrogen and oxygen atoms in total. The van der Waals surface area contributed by atoms with Crippen molar-refractivity contribution < 1.29 is 4.74 Å². The summed E-state index contributed by atoms with van der Waals surface area (Å²) in [5.41, 5.74) is 2.64. The van der Waals surface area contributed by atoms with Gasteiger partial charge >= 0.3 is 0 Å². The molecule has 1 fully saturated rings. The molecule has 0 unspecified atom stereocenters. The third-order valence-corrected chi connectivity index (χ3v) is 3.45. The number of rotatable bonds is 5. The van der Waals surface area contributed by atoms with Crippen molar-refractivity contribution in [1.82, 2.24) is 15.1 Å². The zero-order chi connectivity index (χ0) is 13.7. The SMILES string of the molecule is COc1ccc(CN(C)C)cc1CN1CCNCC1. The molecule has 19 heavy (non-hydrogen) atoms. The van der Waals surface area contributed by atoms with Crippen molar-refractivity contribution >= 4 is 0 Å². The third kappa shape index (κ3) is 4.20. The van der Waals surface area contributed by atoms with Crippen LogP contribution in [0.25, 0.3) is 0 Å². The van der Waals surface area contributed by atoms with Gasteiger partial charge in [0.25, 0.3) is 0 Å². The molecule has 0 bridgehead atoms. The second kappa shape index (κ2) is 6.89. The second-order valence-corrected chi connectivity index (χ2v) is 5.41. The maximum absolute atomic E-state index is 5.49. The van der Waals surface area contributed by atoms with Gasteiger partial charge in [-0.1, -0.05) is 6.07 Å². The van der Waals surface area contributed by atoms with Gasteiger partial charge in [-0.3, -0.25) is 4.90 Å². The van der Waals surface area contributed by atoms with E-state index in [-0.39, 0.29) is 0 Å². The molecule has 106 valence electrons. The van der Waals surface area contributed by atoms with Crippen LogP contribution in [0.5, 0.6) is 5.75 Å². The number of hydrogen-bond donors (Lipinski definition) is 1. The van der Waals surface area contributed by atoms with Crippen LogP contribution in [0.2, 0.25) is 0 Å². The Morgan fingerprint density at radius 2 is 2.00 bits per heavy atom. The standard InChI is InChI=1S/C15H25N3O/c1-17(2)11-13-4-5-15(19-3)14(10-13)12-18-8-6-16-7-9-18/h4-5,10,16H,6-9,11-12H2,1-3H3. The van der Waals surface area contributed by atoms with Crippen LogP contribution in [-0.2, 0) is 13.1 Å². The molecule has 0 aromatic heterocycles. The Bertz CT molecular complexity index is 400. The van der Waals surface area contributed by atoms with E-state index in [0.29, 0.717) is 0 Å². The number of ether oxygens (including phenoxy) is 1. The number of methoxy groups -OCH3 is 1. The highest BCUT2D eigenvalue weighted by atomic mass is 16.5. The van der Waals surface area contributed by atoms with E-state index < -0.39 is 0 Å². The van der Waals surface area contributed by atoms with Crippen LogP contribution in [-0.4, -0.2) is 57.2 Å². The Morgan fingerprint density at radius 1 is 1.26 bits per heavy atom. The predicted molar refractivity (Wildman–Crippen MR) is 78.5 cm³/mol. The zero-order valence-electron chi connectivity index (χ0n) is 12.3. The van der Waals surface area contributed by atoms with Crippen LogP contribution in [0.3, 0.4) is 0 Å². The van der Waals surface area contributed by atoms with Gasteiger partial charge < -0.3 is 15.0 Å². The monoisotopic (exact) mass is 263 g/mol. The average molecular weight is 263 g/mol. The van der Waals surface area contributed by atoms with Gasteiger partial charge in [-0.05, 0) is 31.8 Å². The van der Waals surface area contributed by atoms with Crippen LogP contribution in [0.1, 0.15) is 11.1 Å². The first-order valence-electron chi connectivity index (χ1n) is 6.92. The van der Waals surface area contributed by atoms with Crippen LogP contribution < -0.4 is 10.1 Å². The molecule has 0 atom stereocenters. The van der Waals surface area contributed by atoms with Crippen LogP contribution >= 0.6 is 0 Å². The minimum absolute atomic E-state index is 0.971. The lowest BCUT2D eigenvalue weighted by atomic mass is 10.1. The molecule has 0 spiro atoms. The van der Waals surface area contributed by atoms with Crippen LogP contribution in [0.4, 0.5) is 0 Å². The first kappa shape index (κ1) is 14.3. The van der Waals surface area contributed by atoms with Gasteiger partial charge in [-0.25, -0.2) is 0 Å². The summed E-state index contributed by atoms with van der Waals surface area (Å²) in [6.45, 7) is 6.34. The minimum atomic E-state index is 0.971. The number of nitrogens with zero attached hydrogens (tertiary/aromatic N) is 2. The summed E-state index contributed by atoms with van der Waals surface area (Å²) in [4.78, 5) is 4.67. The van der Waals surface area contributed by atoms with E-state index in [2.05, 4.69) is 47.4 Å². The number of piperazine rings is 1.